The van der Waals surface area contributed by atoms with Crippen molar-refractivity contribution in [2.75, 3.05) is 6.61 Å². The lowest BCUT2D eigenvalue weighted by atomic mass is 10.1. The van der Waals surface area contributed by atoms with E-state index in [1.165, 1.54) is 0 Å². The fraction of sp³-hybridized carbons (Fsp3) is 0.308. The van der Waals surface area contributed by atoms with Crippen molar-refractivity contribution in [2.45, 2.75) is 19.4 Å². The number of hydrogen-bond donors (Lipinski definition) is 1. The molecule has 0 fully saturated rings. The van der Waals surface area contributed by atoms with Gasteiger partial charge in [-0.05, 0) is 12.5 Å². The van der Waals surface area contributed by atoms with E-state index in [1.54, 1.807) is 19.1 Å². The maximum atomic E-state index is 11.0. The Morgan fingerprint density at radius 2 is 2.12 bits per heavy atom. The zero-order chi connectivity index (χ0) is 11.8. The number of ether oxygens (including phenoxy) is 1. The monoisotopic (exact) mass is 220 g/mol. The smallest absolute Gasteiger partial charge is 0.309 e. The zero-order valence-corrected chi connectivity index (χ0v) is 9.30. The van der Waals surface area contributed by atoms with Crippen molar-refractivity contribution in [3.63, 3.8) is 0 Å². The minimum atomic E-state index is -0.671. The number of carbonyl (C=O) groups is 1. The molecule has 0 saturated heterocycles. The second-order valence-corrected chi connectivity index (χ2v) is 3.29. The molecule has 3 nitrogen and oxygen atoms in total. The number of benzene rings is 1. The highest BCUT2D eigenvalue weighted by Crippen LogP contribution is 2.13. The van der Waals surface area contributed by atoms with Crippen LogP contribution in [0.25, 0.3) is 0 Å². The number of carbonyl (C=O) groups excluding carboxylic acids is 1. The van der Waals surface area contributed by atoms with Gasteiger partial charge in [-0.25, -0.2) is 0 Å². The van der Waals surface area contributed by atoms with Gasteiger partial charge in [0.2, 0.25) is 0 Å². The van der Waals surface area contributed by atoms with Crippen molar-refractivity contribution in [1.82, 2.24) is 0 Å². The number of esters is 1. The summed E-state index contributed by atoms with van der Waals surface area (Å²) >= 11 is 0. The van der Waals surface area contributed by atoms with E-state index in [0.29, 0.717) is 6.61 Å². The predicted octanol–water partition coefficient (Wildman–Crippen LogP) is 2.23. The average Bonchev–Trinajstić information content (AvgIpc) is 2.30. The number of aliphatic hydroxyl groups excluding tert-OH is 1. The Kier molecular flexibility index (Phi) is 5.29. The quantitative estimate of drug-likeness (QED) is 0.611. The van der Waals surface area contributed by atoms with Crippen molar-refractivity contribution >= 4 is 5.97 Å². The molecule has 0 spiro atoms. The van der Waals surface area contributed by atoms with Gasteiger partial charge in [-0.3, -0.25) is 4.79 Å². The van der Waals surface area contributed by atoms with Gasteiger partial charge in [0.1, 0.15) is 0 Å². The van der Waals surface area contributed by atoms with Crippen LogP contribution in [-0.4, -0.2) is 17.7 Å². The first kappa shape index (κ1) is 12.5. The molecule has 16 heavy (non-hydrogen) atoms. The molecule has 3 heteroatoms. The Morgan fingerprint density at radius 1 is 1.44 bits per heavy atom. The highest BCUT2D eigenvalue weighted by molar-refractivity contribution is 5.71. The van der Waals surface area contributed by atoms with Crippen molar-refractivity contribution in [3.05, 3.63) is 48.0 Å². The van der Waals surface area contributed by atoms with E-state index < -0.39 is 6.10 Å². The van der Waals surface area contributed by atoms with Gasteiger partial charge in [0.05, 0.1) is 19.1 Å². The SMILES string of the molecule is CCOC(=O)C/C=C\C(O)c1ccccc1. The molecule has 0 heterocycles. The van der Waals surface area contributed by atoms with Crippen LogP contribution in [0.5, 0.6) is 0 Å². The molecule has 1 N–H and O–H groups in total. The van der Waals surface area contributed by atoms with Crippen LogP contribution in [0.15, 0.2) is 42.5 Å². The van der Waals surface area contributed by atoms with Crippen molar-refractivity contribution in [2.24, 2.45) is 0 Å². The maximum absolute atomic E-state index is 11.0. The van der Waals surface area contributed by atoms with Crippen LogP contribution < -0.4 is 0 Å². The van der Waals surface area contributed by atoms with Crippen LogP contribution in [0.2, 0.25) is 0 Å². The summed E-state index contributed by atoms with van der Waals surface area (Å²) in [5.74, 6) is -0.279. The third-order valence-electron chi connectivity index (χ3n) is 2.05. The van der Waals surface area contributed by atoms with Crippen LogP contribution >= 0.6 is 0 Å². The third kappa shape index (κ3) is 4.28. The van der Waals surface area contributed by atoms with Crippen molar-refractivity contribution in [1.29, 1.82) is 0 Å². The molecule has 0 bridgehead atoms. The topological polar surface area (TPSA) is 46.5 Å². The maximum Gasteiger partial charge on any atom is 0.309 e. The fourth-order valence-electron chi connectivity index (χ4n) is 1.27. The predicted molar refractivity (Wildman–Crippen MR) is 61.8 cm³/mol. The van der Waals surface area contributed by atoms with Gasteiger partial charge in [-0.15, -0.1) is 0 Å². The van der Waals surface area contributed by atoms with Crippen LogP contribution in [0, 0.1) is 0 Å². The van der Waals surface area contributed by atoms with E-state index in [0.717, 1.165) is 5.56 Å². The zero-order valence-electron chi connectivity index (χ0n) is 9.30. The van der Waals surface area contributed by atoms with Gasteiger partial charge in [0, 0.05) is 0 Å². The molecule has 86 valence electrons. The second-order valence-electron chi connectivity index (χ2n) is 3.29. The number of aliphatic hydroxyl groups is 1. The molecule has 1 atom stereocenters. The summed E-state index contributed by atoms with van der Waals surface area (Å²) in [6.45, 7) is 2.15. The van der Waals surface area contributed by atoms with Gasteiger partial charge < -0.3 is 9.84 Å². The molecule has 1 rings (SSSR count). The molecule has 0 aromatic heterocycles. The van der Waals surface area contributed by atoms with Gasteiger partial charge in [-0.2, -0.15) is 0 Å². The lowest BCUT2D eigenvalue weighted by Gasteiger charge is -2.04. The first-order valence-electron chi connectivity index (χ1n) is 5.29. The molecule has 0 radical (unpaired) electrons. The van der Waals surface area contributed by atoms with Crippen LogP contribution in [0.4, 0.5) is 0 Å². The first-order chi connectivity index (χ1) is 7.74. The highest BCUT2D eigenvalue weighted by atomic mass is 16.5. The molecular weight excluding hydrogens is 204 g/mol. The Balaban J connectivity index is 2.43. The molecule has 1 unspecified atom stereocenters. The Morgan fingerprint density at radius 3 is 2.75 bits per heavy atom. The standard InChI is InChI=1S/C13H16O3/c1-2-16-13(15)10-6-9-12(14)11-7-4-3-5-8-11/h3-9,12,14H,2,10H2,1H3/b9-6-. The summed E-state index contributed by atoms with van der Waals surface area (Å²) < 4.78 is 4.76. The van der Waals surface area contributed by atoms with Crippen molar-refractivity contribution < 1.29 is 14.6 Å². The number of rotatable bonds is 5. The van der Waals surface area contributed by atoms with Gasteiger partial charge in [0.25, 0.3) is 0 Å². The van der Waals surface area contributed by atoms with E-state index in [1.807, 2.05) is 30.3 Å². The highest BCUT2D eigenvalue weighted by Gasteiger charge is 2.02. The first-order valence-corrected chi connectivity index (χ1v) is 5.29. The molecule has 0 aliphatic carbocycles. The van der Waals surface area contributed by atoms with Crippen LogP contribution in [0.3, 0.4) is 0 Å². The molecule has 0 amide bonds. The molecule has 0 aliphatic rings. The third-order valence-corrected chi connectivity index (χ3v) is 2.05. The van der Waals surface area contributed by atoms with Gasteiger partial charge in [0.15, 0.2) is 0 Å². The molecule has 1 aromatic rings. The fourth-order valence-corrected chi connectivity index (χ4v) is 1.27. The number of hydrogen-bond acceptors (Lipinski definition) is 3. The molecule has 0 saturated carbocycles. The lowest BCUT2D eigenvalue weighted by molar-refractivity contribution is -0.142. The summed E-state index contributed by atoms with van der Waals surface area (Å²) in [6.07, 6.45) is 2.73. The Bertz CT molecular complexity index is 343. The second kappa shape index (κ2) is 6.80. The Labute approximate surface area is 95.4 Å². The van der Waals surface area contributed by atoms with Crippen LogP contribution in [-0.2, 0) is 9.53 Å². The van der Waals surface area contributed by atoms with Crippen molar-refractivity contribution in [3.8, 4) is 0 Å². The molecular formula is C13H16O3. The van der Waals surface area contributed by atoms with Gasteiger partial charge >= 0.3 is 5.97 Å². The van der Waals surface area contributed by atoms with E-state index in [4.69, 9.17) is 4.74 Å². The summed E-state index contributed by atoms with van der Waals surface area (Å²) in [5, 5.41) is 9.72. The minimum absolute atomic E-state index is 0.192. The Hall–Kier alpha value is -1.61. The van der Waals surface area contributed by atoms with E-state index in [-0.39, 0.29) is 12.4 Å². The minimum Gasteiger partial charge on any atom is -0.466 e. The summed E-state index contributed by atoms with van der Waals surface area (Å²) in [6, 6.07) is 9.27. The van der Waals surface area contributed by atoms with Crippen LogP contribution in [0.1, 0.15) is 25.0 Å². The van der Waals surface area contributed by atoms with E-state index >= 15 is 0 Å². The summed E-state index contributed by atoms with van der Waals surface area (Å²) in [4.78, 5) is 11.0. The summed E-state index contributed by atoms with van der Waals surface area (Å²) in [7, 11) is 0. The lowest BCUT2D eigenvalue weighted by Crippen LogP contribution is -2.02. The average molecular weight is 220 g/mol. The van der Waals surface area contributed by atoms with Gasteiger partial charge in [-0.1, -0.05) is 42.5 Å². The van der Waals surface area contributed by atoms with E-state index in [9.17, 15) is 9.90 Å². The van der Waals surface area contributed by atoms with E-state index in [2.05, 4.69) is 0 Å². The largest absolute Gasteiger partial charge is 0.466 e. The molecule has 0 aliphatic heterocycles. The molecule has 1 aromatic carbocycles. The normalized spacial score (nSPS) is 12.6. The summed E-state index contributed by atoms with van der Waals surface area (Å²) in [5.41, 5.74) is 0.808.